The lowest BCUT2D eigenvalue weighted by atomic mass is 10.2. The number of nitrogens with two attached hydrogens (primary N) is 1. The van der Waals surface area contributed by atoms with Gasteiger partial charge in [-0.15, -0.1) is 0 Å². The van der Waals surface area contributed by atoms with Gasteiger partial charge in [-0.2, -0.15) is 0 Å². The fourth-order valence-corrected chi connectivity index (χ4v) is 1.58. The molecule has 86 valence electrons. The Bertz CT molecular complexity index is 381. The van der Waals surface area contributed by atoms with Gasteiger partial charge in [-0.1, -0.05) is 12.1 Å². The number of carbonyl (C=O) groups excluding carboxylic acids is 1. The lowest BCUT2D eigenvalue weighted by Crippen LogP contribution is -2.24. The first kappa shape index (κ1) is 10.8. The van der Waals surface area contributed by atoms with Crippen LogP contribution in [0.4, 0.5) is 10.5 Å². The molecule has 1 heterocycles. The Balaban J connectivity index is 2.21. The Morgan fingerprint density at radius 3 is 2.94 bits per heavy atom. The second-order valence-electron chi connectivity index (χ2n) is 3.37. The van der Waals surface area contributed by atoms with Crippen LogP contribution in [-0.4, -0.2) is 32.4 Å². The average molecular weight is 222 g/mol. The quantitative estimate of drug-likeness (QED) is 0.824. The zero-order chi connectivity index (χ0) is 11.4. The minimum absolute atomic E-state index is 0.330. The van der Waals surface area contributed by atoms with Gasteiger partial charge < -0.3 is 15.2 Å². The number of nitrogens with zero attached hydrogens (tertiary/aromatic N) is 1. The number of para-hydroxylation sites is 2. The van der Waals surface area contributed by atoms with E-state index in [1.165, 1.54) is 0 Å². The molecule has 0 bridgehead atoms. The van der Waals surface area contributed by atoms with Crippen molar-refractivity contribution in [1.29, 1.82) is 0 Å². The molecular formula is C11H14N2O3. The number of hydrogen-bond donors (Lipinski definition) is 1. The fourth-order valence-electron chi connectivity index (χ4n) is 1.58. The number of cyclic esters (lactones) is 1. The molecule has 0 atom stereocenters. The number of amides is 1. The minimum Gasteiger partial charge on any atom is -0.490 e. The SMILES string of the molecule is NCCOc1ccccc1N1CCOC1=O. The van der Waals surface area contributed by atoms with E-state index in [0.717, 1.165) is 5.69 Å². The third-order valence-electron chi connectivity index (χ3n) is 2.29. The number of ether oxygens (including phenoxy) is 2. The van der Waals surface area contributed by atoms with Crippen LogP contribution in [0.1, 0.15) is 0 Å². The van der Waals surface area contributed by atoms with Crippen LogP contribution in [0.25, 0.3) is 0 Å². The zero-order valence-corrected chi connectivity index (χ0v) is 8.89. The molecule has 0 aromatic heterocycles. The second-order valence-corrected chi connectivity index (χ2v) is 3.37. The molecule has 2 N–H and O–H groups in total. The summed E-state index contributed by atoms with van der Waals surface area (Å²) in [6.45, 7) is 1.85. The van der Waals surface area contributed by atoms with E-state index in [0.29, 0.717) is 32.1 Å². The third kappa shape index (κ3) is 2.09. The van der Waals surface area contributed by atoms with Crippen LogP contribution < -0.4 is 15.4 Å². The third-order valence-corrected chi connectivity index (χ3v) is 2.29. The van der Waals surface area contributed by atoms with Crippen molar-refractivity contribution in [3.05, 3.63) is 24.3 Å². The predicted molar refractivity (Wildman–Crippen MR) is 59.7 cm³/mol. The first-order chi connectivity index (χ1) is 7.83. The van der Waals surface area contributed by atoms with E-state index in [2.05, 4.69) is 0 Å². The van der Waals surface area contributed by atoms with Gasteiger partial charge in [0.15, 0.2) is 0 Å². The number of carbonyl (C=O) groups is 1. The van der Waals surface area contributed by atoms with Crippen LogP contribution in [0.5, 0.6) is 5.75 Å². The maximum absolute atomic E-state index is 11.4. The van der Waals surface area contributed by atoms with E-state index in [-0.39, 0.29) is 6.09 Å². The van der Waals surface area contributed by atoms with E-state index in [4.69, 9.17) is 15.2 Å². The summed E-state index contributed by atoms with van der Waals surface area (Å²) in [5, 5.41) is 0. The minimum atomic E-state index is -0.330. The van der Waals surface area contributed by atoms with Gasteiger partial charge in [-0.05, 0) is 12.1 Å². The summed E-state index contributed by atoms with van der Waals surface area (Å²) in [6, 6.07) is 7.36. The number of benzene rings is 1. The van der Waals surface area contributed by atoms with Crippen LogP contribution >= 0.6 is 0 Å². The number of anilines is 1. The fraction of sp³-hybridized carbons (Fsp3) is 0.364. The van der Waals surface area contributed by atoms with Crippen LogP contribution in [-0.2, 0) is 4.74 Å². The van der Waals surface area contributed by atoms with E-state index in [1.807, 2.05) is 24.3 Å². The van der Waals surface area contributed by atoms with Crippen LogP contribution in [0.3, 0.4) is 0 Å². The summed E-state index contributed by atoms with van der Waals surface area (Å²) in [5.74, 6) is 0.659. The molecule has 1 aromatic carbocycles. The van der Waals surface area contributed by atoms with Crippen LogP contribution in [0.2, 0.25) is 0 Å². The van der Waals surface area contributed by atoms with E-state index >= 15 is 0 Å². The van der Waals surface area contributed by atoms with Crippen LogP contribution in [0.15, 0.2) is 24.3 Å². The Morgan fingerprint density at radius 1 is 1.44 bits per heavy atom. The summed E-state index contributed by atoms with van der Waals surface area (Å²) >= 11 is 0. The van der Waals surface area contributed by atoms with Crippen molar-refractivity contribution in [1.82, 2.24) is 0 Å². The standard InChI is InChI=1S/C11H14N2O3/c12-5-7-15-10-4-2-1-3-9(10)13-6-8-16-11(13)14/h1-4H,5-8,12H2. The highest BCUT2D eigenvalue weighted by molar-refractivity contribution is 5.91. The van der Waals surface area contributed by atoms with Crippen molar-refractivity contribution >= 4 is 11.8 Å². The Labute approximate surface area is 93.7 Å². The summed E-state index contributed by atoms with van der Waals surface area (Å²) in [6.07, 6.45) is -0.330. The van der Waals surface area contributed by atoms with Gasteiger partial charge >= 0.3 is 6.09 Å². The molecule has 0 aliphatic carbocycles. The average Bonchev–Trinajstić information content (AvgIpc) is 2.73. The lowest BCUT2D eigenvalue weighted by Gasteiger charge is -2.17. The Kier molecular flexibility index (Phi) is 3.26. The highest BCUT2D eigenvalue weighted by Crippen LogP contribution is 2.29. The van der Waals surface area contributed by atoms with Gasteiger partial charge in [-0.3, -0.25) is 4.90 Å². The maximum atomic E-state index is 11.4. The van der Waals surface area contributed by atoms with Crippen molar-refractivity contribution in [2.75, 3.05) is 31.2 Å². The van der Waals surface area contributed by atoms with Gasteiger partial charge in [0.05, 0.1) is 12.2 Å². The van der Waals surface area contributed by atoms with Gasteiger partial charge in [0.2, 0.25) is 0 Å². The second kappa shape index (κ2) is 4.85. The lowest BCUT2D eigenvalue weighted by molar-refractivity contribution is 0.181. The van der Waals surface area contributed by atoms with Crippen molar-refractivity contribution in [2.45, 2.75) is 0 Å². The number of hydrogen-bond acceptors (Lipinski definition) is 4. The summed E-state index contributed by atoms with van der Waals surface area (Å²) in [7, 11) is 0. The smallest absolute Gasteiger partial charge is 0.414 e. The maximum Gasteiger partial charge on any atom is 0.414 e. The van der Waals surface area contributed by atoms with E-state index < -0.39 is 0 Å². The van der Waals surface area contributed by atoms with Gasteiger partial charge in [-0.25, -0.2) is 4.79 Å². The topological polar surface area (TPSA) is 64.8 Å². The van der Waals surface area contributed by atoms with Crippen molar-refractivity contribution in [3.63, 3.8) is 0 Å². The van der Waals surface area contributed by atoms with Gasteiger partial charge in [0, 0.05) is 6.54 Å². The van der Waals surface area contributed by atoms with Crippen molar-refractivity contribution in [2.24, 2.45) is 5.73 Å². The molecule has 5 heteroatoms. The zero-order valence-electron chi connectivity index (χ0n) is 8.89. The largest absolute Gasteiger partial charge is 0.490 e. The van der Waals surface area contributed by atoms with Gasteiger partial charge in [0.1, 0.15) is 19.0 Å². The molecule has 0 saturated carbocycles. The Morgan fingerprint density at radius 2 is 2.25 bits per heavy atom. The summed E-state index contributed by atoms with van der Waals surface area (Å²) in [4.78, 5) is 13.0. The molecule has 5 nitrogen and oxygen atoms in total. The predicted octanol–water partition coefficient (Wildman–Crippen LogP) is 0.981. The summed E-state index contributed by atoms with van der Waals surface area (Å²) < 4.78 is 10.4. The molecule has 2 rings (SSSR count). The van der Waals surface area contributed by atoms with Crippen molar-refractivity contribution in [3.8, 4) is 5.75 Å². The molecule has 1 aliphatic heterocycles. The molecular weight excluding hydrogens is 208 g/mol. The first-order valence-corrected chi connectivity index (χ1v) is 5.19. The molecule has 1 fully saturated rings. The van der Waals surface area contributed by atoms with Gasteiger partial charge in [0.25, 0.3) is 0 Å². The molecule has 0 radical (unpaired) electrons. The molecule has 16 heavy (non-hydrogen) atoms. The molecule has 1 saturated heterocycles. The molecule has 1 aliphatic rings. The monoisotopic (exact) mass is 222 g/mol. The van der Waals surface area contributed by atoms with Crippen molar-refractivity contribution < 1.29 is 14.3 Å². The van der Waals surface area contributed by atoms with Crippen LogP contribution in [0, 0.1) is 0 Å². The van der Waals surface area contributed by atoms with E-state index in [9.17, 15) is 4.79 Å². The normalized spacial score (nSPS) is 15.1. The Hall–Kier alpha value is -1.75. The van der Waals surface area contributed by atoms with E-state index in [1.54, 1.807) is 4.90 Å². The highest BCUT2D eigenvalue weighted by Gasteiger charge is 2.25. The summed E-state index contributed by atoms with van der Waals surface area (Å²) in [5.41, 5.74) is 6.11. The molecule has 1 aromatic rings. The molecule has 1 amide bonds. The molecule has 0 unspecified atom stereocenters. The first-order valence-electron chi connectivity index (χ1n) is 5.19. The number of rotatable bonds is 4. The highest BCUT2D eigenvalue weighted by atomic mass is 16.6. The molecule has 0 spiro atoms.